The molecular weight excluding hydrogens is 358 g/mol. The molecule has 0 bridgehead atoms. The Morgan fingerprint density at radius 2 is 0.394 bits per heavy atom. The van der Waals surface area contributed by atoms with E-state index in [9.17, 15) is 0 Å². The van der Waals surface area contributed by atoms with Crippen LogP contribution in [-0.4, -0.2) is 215 Å². The average molecular weight is 362 g/mol. The molecule has 0 atom stereocenters. The van der Waals surface area contributed by atoms with Gasteiger partial charge in [-0.3, -0.25) is 0 Å². The van der Waals surface area contributed by atoms with Crippen LogP contribution in [0.2, 0.25) is 6.82 Å². The van der Waals surface area contributed by atoms with Crippen LogP contribution in [0, 0.1) is 0 Å². The molecule has 0 N–H and O–H groups in total. The molecular formula is CH4B32. The number of hydrogen-bond acceptors (Lipinski definition) is 0. The van der Waals surface area contributed by atoms with Gasteiger partial charge in [0.2, 0.25) is 0 Å². The van der Waals surface area contributed by atoms with Gasteiger partial charge in [-0.15, -0.1) is 0 Å². The third kappa shape index (κ3) is 34.1. The van der Waals surface area contributed by atoms with Gasteiger partial charge in [-0.25, -0.2) is 0 Å². The van der Waals surface area contributed by atoms with Crippen LogP contribution in [0.15, 0.2) is 0 Å². The van der Waals surface area contributed by atoms with Gasteiger partial charge in [0.1, 0.15) is 0 Å². The van der Waals surface area contributed by atoms with Gasteiger partial charge in [0, 0.05) is 0 Å². The summed E-state index contributed by atoms with van der Waals surface area (Å²) >= 11 is 0. The maximum absolute atomic E-state index is 3.62. The average Bonchev–Trinajstić information content (AvgIpc) is 2.83. The van der Waals surface area contributed by atoms with Crippen LogP contribution in [0.3, 0.4) is 0 Å². The fourth-order valence-corrected chi connectivity index (χ4v) is 1.92. The van der Waals surface area contributed by atoms with E-state index in [1.165, 1.54) is 0 Å². The minimum absolute atomic E-state index is 1.75. The quantitative estimate of drug-likeness (QED) is 0.254. The Hall–Kier alpha value is 2.08. The van der Waals surface area contributed by atoms with Crippen molar-refractivity contribution in [3.05, 3.63) is 0 Å². The SMILES string of the molecule is B=BB=BB=BB=BB=BB=BB=BB=BB=BB=BB=BB=BB=BB=BB=BB=BC. The summed E-state index contributed by atoms with van der Waals surface area (Å²) in [5.41, 5.74) is 0. The van der Waals surface area contributed by atoms with Gasteiger partial charge in [0.15, 0.2) is 0 Å². The molecule has 0 aliphatic carbocycles. The van der Waals surface area contributed by atoms with Gasteiger partial charge in [0.25, 0.3) is 0 Å². The molecule has 0 saturated heterocycles. The molecule has 0 amide bonds. The first-order valence-electron chi connectivity index (χ1n) is 11.0. The van der Waals surface area contributed by atoms with Crippen molar-refractivity contribution in [1.82, 2.24) is 0 Å². The molecule has 0 rings (SSSR count). The van der Waals surface area contributed by atoms with E-state index < -0.39 is 0 Å². The third-order valence-corrected chi connectivity index (χ3v) is 3.44. The van der Waals surface area contributed by atoms with E-state index in [1.54, 1.807) is 6.69 Å². The van der Waals surface area contributed by atoms with Crippen LogP contribution in [0.25, 0.3) is 0 Å². The molecule has 0 aliphatic rings. The summed E-state index contributed by atoms with van der Waals surface area (Å²) in [5, 5.41) is 0. The molecule has 0 nitrogen and oxygen atoms in total. The van der Waals surface area contributed by atoms with Crippen LogP contribution in [-0.2, 0) is 0 Å². The van der Waals surface area contributed by atoms with Crippen molar-refractivity contribution < 1.29 is 0 Å². The van der Waals surface area contributed by atoms with Crippen LogP contribution in [0.5, 0.6) is 0 Å². The number of hydrogen-bond donors (Lipinski definition) is 0. The molecule has 0 saturated carbocycles. The Labute approximate surface area is 220 Å². The molecule has 33 heavy (non-hydrogen) atoms. The summed E-state index contributed by atoms with van der Waals surface area (Å²) in [6.45, 7) is 63.4. The zero-order valence-corrected chi connectivity index (χ0v) is 19.6. The second-order valence-electron chi connectivity index (χ2n) is 6.15. The maximum atomic E-state index is 3.62. The molecule has 0 fully saturated rings. The van der Waals surface area contributed by atoms with Gasteiger partial charge in [-0.05, 0) is 0 Å². The van der Waals surface area contributed by atoms with E-state index in [-0.39, 0.29) is 0 Å². The summed E-state index contributed by atoms with van der Waals surface area (Å²) in [6.07, 6.45) is 0. The van der Waals surface area contributed by atoms with Crippen LogP contribution in [0.4, 0.5) is 0 Å². The standard InChI is InChI=1S/CH4B32/c1-3-5-7-9-11-13-15-17-19-21-23-25-27-29-31-33-32-30-28-26-24-22-20-18-16-14-12-10-8-6-4-2/h2H,1H3. The molecule has 0 aliphatic heterocycles. The summed E-state index contributed by atoms with van der Waals surface area (Å²) in [6, 6.07) is 0. The van der Waals surface area contributed by atoms with Gasteiger partial charge >= 0.3 is 222 Å². The Morgan fingerprint density at radius 3 is 0.545 bits per heavy atom. The van der Waals surface area contributed by atoms with Crippen molar-refractivity contribution in [3.63, 3.8) is 0 Å². The second kappa shape index (κ2) is 34.1. The van der Waals surface area contributed by atoms with Crippen molar-refractivity contribution in [2.75, 3.05) is 0 Å². The van der Waals surface area contributed by atoms with E-state index in [0.717, 1.165) is 0 Å². The Balaban J connectivity index is 3.98. The third-order valence-electron chi connectivity index (χ3n) is 3.44. The first-order valence-corrected chi connectivity index (χ1v) is 11.0. The van der Waals surface area contributed by atoms with Crippen molar-refractivity contribution in [3.8, 4) is 0 Å². The monoisotopic (exact) mass is 368 g/mol. The second-order valence-corrected chi connectivity index (χ2v) is 6.15. The molecule has 0 aromatic rings. The van der Waals surface area contributed by atoms with E-state index in [0.29, 0.717) is 0 Å². The van der Waals surface area contributed by atoms with Gasteiger partial charge in [0.05, 0.1) is 0 Å². The summed E-state index contributed by atoms with van der Waals surface area (Å²) in [4.78, 5) is 0. The summed E-state index contributed by atoms with van der Waals surface area (Å²) in [5.74, 6) is 0. The van der Waals surface area contributed by atoms with Crippen LogP contribution >= 0.6 is 0 Å². The predicted molar refractivity (Wildman–Crippen MR) is 191 cm³/mol. The Morgan fingerprint density at radius 1 is 0.242 bits per heavy atom. The predicted octanol–water partition coefficient (Wildman–Crippen LogP) is -11.9. The van der Waals surface area contributed by atoms with Crippen LogP contribution in [0.1, 0.15) is 0 Å². The number of rotatable bonds is 15. The molecule has 0 radical (unpaired) electrons. The van der Waals surface area contributed by atoms with Crippen molar-refractivity contribution >= 4 is 215 Å². The Bertz CT molecular complexity index is 925. The molecule has 0 spiro atoms. The molecule has 0 unspecified atom stereocenters. The fourth-order valence-electron chi connectivity index (χ4n) is 1.92. The zero-order valence-electron chi connectivity index (χ0n) is 19.6. The van der Waals surface area contributed by atoms with Gasteiger partial charge < -0.3 is 0 Å². The van der Waals surface area contributed by atoms with Crippen LogP contribution < -0.4 is 0 Å². The normalized spacial score (nSPS) is 7.52. The van der Waals surface area contributed by atoms with Crippen molar-refractivity contribution in [1.29, 1.82) is 0 Å². The molecule has 0 aromatic carbocycles. The zero-order chi connectivity index (χ0) is 23.9. The van der Waals surface area contributed by atoms with Crippen molar-refractivity contribution in [2.45, 2.75) is 6.82 Å². The Kier molecular flexibility index (Phi) is 36.2. The molecule has 32 heteroatoms. The van der Waals surface area contributed by atoms with Gasteiger partial charge in [-0.1, -0.05) is 0 Å². The molecule has 104 valence electrons. The van der Waals surface area contributed by atoms with E-state index in [4.69, 9.17) is 0 Å². The van der Waals surface area contributed by atoms with E-state index in [2.05, 4.69) is 7.37 Å². The first-order chi connectivity index (χ1) is 16.4. The van der Waals surface area contributed by atoms with Crippen molar-refractivity contribution in [2.24, 2.45) is 0 Å². The minimum atomic E-state index is 1.75. The fraction of sp³-hybridized carbons (Fsp3) is 1.00. The summed E-state index contributed by atoms with van der Waals surface area (Å²) < 4.78 is 0. The van der Waals surface area contributed by atoms with Gasteiger partial charge in [-0.2, -0.15) is 0 Å². The summed E-state index contributed by atoms with van der Waals surface area (Å²) in [7, 11) is 3.62. The topological polar surface area (TPSA) is 0 Å². The first kappa shape index (κ1) is 35.1. The molecule has 0 heterocycles. The van der Waals surface area contributed by atoms with E-state index in [1.807, 2.05) is 208 Å². The molecule has 0 aromatic heterocycles. The van der Waals surface area contributed by atoms with E-state index >= 15 is 0 Å².